The van der Waals surface area contributed by atoms with E-state index in [1.54, 1.807) is 29.2 Å². The number of hydrogen-bond donors (Lipinski definition) is 3. The Hall–Kier alpha value is -2.57. The van der Waals surface area contributed by atoms with Crippen molar-refractivity contribution < 1.29 is 14.4 Å². The average molecular weight is 346 g/mol. The second kappa shape index (κ2) is 9.05. The first-order valence-electron chi connectivity index (χ1n) is 8.66. The van der Waals surface area contributed by atoms with Gasteiger partial charge in [-0.2, -0.15) is 0 Å². The third kappa shape index (κ3) is 6.10. The Bertz CT molecular complexity index is 607. The van der Waals surface area contributed by atoms with Gasteiger partial charge < -0.3 is 20.9 Å². The normalized spacial score (nSPS) is 13.6. The summed E-state index contributed by atoms with van der Waals surface area (Å²) in [6.45, 7) is 6.19. The van der Waals surface area contributed by atoms with Gasteiger partial charge in [-0.25, -0.2) is 4.79 Å². The average Bonchev–Trinajstić information content (AvgIpc) is 3.13. The van der Waals surface area contributed by atoms with Crippen LogP contribution in [0.5, 0.6) is 0 Å². The summed E-state index contributed by atoms with van der Waals surface area (Å²) in [5, 5.41) is 8.05. The lowest BCUT2D eigenvalue weighted by Gasteiger charge is -2.15. The fraction of sp³-hybridized carbons (Fsp3) is 0.500. The number of nitrogens with one attached hydrogen (secondary N) is 3. The van der Waals surface area contributed by atoms with Crippen molar-refractivity contribution in [3.8, 4) is 0 Å². The summed E-state index contributed by atoms with van der Waals surface area (Å²) in [7, 11) is 0. The minimum absolute atomic E-state index is 0.0124. The summed E-state index contributed by atoms with van der Waals surface area (Å²) in [6, 6.07) is 6.18. The molecule has 0 aromatic heterocycles. The molecule has 1 aliphatic rings. The Morgan fingerprint density at radius 3 is 2.28 bits per heavy atom. The largest absolute Gasteiger partial charge is 0.352 e. The number of carbonyl (C=O) groups excluding carboxylic acids is 3. The van der Waals surface area contributed by atoms with Crippen LogP contribution in [0.3, 0.4) is 0 Å². The van der Waals surface area contributed by atoms with E-state index >= 15 is 0 Å². The number of anilines is 1. The predicted molar refractivity (Wildman–Crippen MR) is 96.4 cm³/mol. The van der Waals surface area contributed by atoms with Crippen molar-refractivity contribution in [2.24, 2.45) is 5.92 Å². The van der Waals surface area contributed by atoms with E-state index in [2.05, 4.69) is 16.0 Å². The summed E-state index contributed by atoms with van der Waals surface area (Å²) in [4.78, 5) is 37.4. The first-order valence-corrected chi connectivity index (χ1v) is 8.66. The molecule has 0 bridgehead atoms. The van der Waals surface area contributed by atoms with Gasteiger partial charge in [0.15, 0.2) is 0 Å². The van der Waals surface area contributed by atoms with Gasteiger partial charge in [-0.15, -0.1) is 0 Å². The van der Waals surface area contributed by atoms with Crippen LogP contribution in [-0.2, 0) is 4.79 Å². The Morgan fingerprint density at radius 1 is 1.04 bits per heavy atom. The maximum Gasteiger partial charge on any atom is 0.319 e. The van der Waals surface area contributed by atoms with Gasteiger partial charge in [0.05, 0.1) is 6.54 Å². The van der Waals surface area contributed by atoms with Crippen molar-refractivity contribution in [1.82, 2.24) is 15.5 Å². The van der Waals surface area contributed by atoms with Gasteiger partial charge in [0.1, 0.15) is 0 Å². The molecule has 1 fully saturated rings. The van der Waals surface area contributed by atoms with Crippen LogP contribution in [0.1, 0.15) is 37.0 Å². The minimum Gasteiger partial charge on any atom is -0.352 e. The van der Waals surface area contributed by atoms with Crippen molar-refractivity contribution >= 4 is 23.5 Å². The summed E-state index contributed by atoms with van der Waals surface area (Å²) in [5.41, 5.74) is 1.10. The third-order valence-corrected chi connectivity index (χ3v) is 3.93. The maximum absolute atomic E-state index is 11.9. The van der Waals surface area contributed by atoms with Gasteiger partial charge in [-0.05, 0) is 43.0 Å². The smallest absolute Gasteiger partial charge is 0.319 e. The fourth-order valence-corrected chi connectivity index (χ4v) is 2.51. The Balaban J connectivity index is 1.77. The number of rotatable bonds is 6. The molecule has 0 radical (unpaired) electrons. The number of hydrogen-bond acceptors (Lipinski definition) is 3. The molecule has 0 atom stereocenters. The number of urea groups is 1. The second-order valence-electron chi connectivity index (χ2n) is 6.58. The van der Waals surface area contributed by atoms with E-state index in [0.717, 1.165) is 25.9 Å². The highest BCUT2D eigenvalue weighted by Crippen LogP contribution is 2.10. The van der Waals surface area contributed by atoms with Crippen LogP contribution in [0.4, 0.5) is 10.5 Å². The van der Waals surface area contributed by atoms with Gasteiger partial charge in [-0.3, -0.25) is 9.59 Å². The molecule has 1 heterocycles. The molecular weight excluding hydrogens is 320 g/mol. The van der Waals surface area contributed by atoms with Crippen LogP contribution >= 0.6 is 0 Å². The molecule has 0 saturated carbocycles. The van der Waals surface area contributed by atoms with Gasteiger partial charge in [0.25, 0.3) is 5.91 Å². The zero-order valence-corrected chi connectivity index (χ0v) is 14.8. The van der Waals surface area contributed by atoms with Gasteiger partial charge in [-0.1, -0.05) is 13.8 Å². The van der Waals surface area contributed by atoms with E-state index in [1.165, 1.54) is 0 Å². The minimum atomic E-state index is -0.440. The molecule has 1 aromatic rings. The van der Waals surface area contributed by atoms with Crippen LogP contribution in [0.2, 0.25) is 0 Å². The second-order valence-corrected chi connectivity index (χ2v) is 6.58. The van der Waals surface area contributed by atoms with Crippen LogP contribution in [0.15, 0.2) is 24.3 Å². The van der Waals surface area contributed by atoms with Crippen molar-refractivity contribution in [3.05, 3.63) is 29.8 Å². The van der Waals surface area contributed by atoms with Crippen molar-refractivity contribution in [2.75, 3.05) is 31.5 Å². The highest BCUT2D eigenvalue weighted by Gasteiger charge is 2.18. The number of benzene rings is 1. The zero-order valence-electron chi connectivity index (χ0n) is 14.8. The number of likely N-dealkylation sites (tertiary alicyclic amines) is 1. The third-order valence-electron chi connectivity index (χ3n) is 3.93. The summed E-state index contributed by atoms with van der Waals surface area (Å²) < 4.78 is 0. The summed E-state index contributed by atoms with van der Waals surface area (Å²) >= 11 is 0. The lowest BCUT2D eigenvalue weighted by Crippen LogP contribution is -2.40. The SMILES string of the molecule is CC(C)CNC(=O)c1ccc(NC(=O)NCC(=O)N2CCCC2)cc1. The van der Waals surface area contributed by atoms with Crippen molar-refractivity contribution in [3.63, 3.8) is 0 Å². The van der Waals surface area contributed by atoms with E-state index in [-0.39, 0.29) is 18.4 Å². The molecule has 2 rings (SSSR count). The van der Waals surface area contributed by atoms with Gasteiger partial charge in [0, 0.05) is 30.9 Å². The van der Waals surface area contributed by atoms with Crippen molar-refractivity contribution in [1.29, 1.82) is 0 Å². The molecule has 4 amide bonds. The summed E-state index contributed by atoms with van der Waals surface area (Å²) in [5.74, 6) is 0.183. The highest BCUT2D eigenvalue weighted by molar-refractivity contribution is 5.96. The molecule has 0 spiro atoms. The fourth-order valence-electron chi connectivity index (χ4n) is 2.51. The van der Waals surface area contributed by atoms with Crippen LogP contribution in [0, 0.1) is 5.92 Å². The monoisotopic (exact) mass is 346 g/mol. The highest BCUT2D eigenvalue weighted by atomic mass is 16.2. The molecule has 0 aliphatic carbocycles. The quantitative estimate of drug-likeness (QED) is 0.734. The zero-order chi connectivity index (χ0) is 18.2. The molecule has 3 N–H and O–H groups in total. The van der Waals surface area contributed by atoms with Crippen molar-refractivity contribution in [2.45, 2.75) is 26.7 Å². The standard InChI is InChI=1S/C18H26N4O3/c1-13(2)11-19-17(24)14-5-7-15(8-6-14)21-18(25)20-12-16(23)22-9-3-4-10-22/h5-8,13H,3-4,9-12H2,1-2H3,(H,19,24)(H2,20,21,25). The first kappa shape index (κ1) is 18.8. The molecule has 0 unspecified atom stereocenters. The van der Waals surface area contributed by atoms with E-state index in [4.69, 9.17) is 0 Å². The Morgan fingerprint density at radius 2 is 1.68 bits per heavy atom. The molecule has 25 heavy (non-hydrogen) atoms. The number of amides is 4. The number of carbonyl (C=O) groups is 3. The Kier molecular flexibility index (Phi) is 6.80. The van der Waals surface area contributed by atoms with E-state index in [9.17, 15) is 14.4 Å². The molecule has 7 nitrogen and oxygen atoms in total. The van der Waals surface area contributed by atoms with Crippen LogP contribution in [-0.4, -0.2) is 48.9 Å². The van der Waals surface area contributed by atoms with Crippen LogP contribution < -0.4 is 16.0 Å². The molecular formula is C18H26N4O3. The predicted octanol–water partition coefficient (Wildman–Crippen LogP) is 1.82. The van der Waals surface area contributed by atoms with E-state index in [0.29, 0.717) is 23.7 Å². The Labute approximate surface area is 148 Å². The molecule has 1 saturated heterocycles. The topological polar surface area (TPSA) is 90.5 Å². The number of nitrogens with zero attached hydrogens (tertiary/aromatic N) is 1. The molecule has 1 aromatic carbocycles. The van der Waals surface area contributed by atoms with Gasteiger partial charge >= 0.3 is 6.03 Å². The van der Waals surface area contributed by atoms with Crippen LogP contribution in [0.25, 0.3) is 0 Å². The van der Waals surface area contributed by atoms with E-state index in [1.807, 2.05) is 13.8 Å². The molecule has 7 heteroatoms. The molecule has 1 aliphatic heterocycles. The van der Waals surface area contributed by atoms with Gasteiger partial charge in [0.2, 0.25) is 5.91 Å². The first-order chi connectivity index (χ1) is 12.0. The maximum atomic E-state index is 11.9. The lowest BCUT2D eigenvalue weighted by atomic mass is 10.1. The lowest BCUT2D eigenvalue weighted by molar-refractivity contribution is -0.128. The van der Waals surface area contributed by atoms with E-state index < -0.39 is 6.03 Å². The molecule has 136 valence electrons. The summed E-state index contributed by atoms with van der Waals surface area (Å²) in [6.07, 6.45) is 2.05.